The Kier molecular flexibility index (Phi) is 7.17. The van der Waals surface area contributed by atoms with E-state index in [0.29, 0.717) is 24.0 Å². The number of carbonyl (C=O) groups is 1. The van der Waals surface area contributed by atoms with E-state index in [9.17, 15) is 4.79 Å². The molecular weight excluding hydrogens is 408 g/mol. The highest BCUT2D eigenvalue weighted by Gasteiger charge is 2.15. The fourth-order valence-electron chi connectivity index (χ4n) is 2.72. The Labute approximate surface area is 179 Å². The smallest absolute Gasteiger partial charge is 0.264 e. The van der Waals surface area contributed by atoms with Crippen LogP contribution in [-0.4, -0.2) is 27.3 Å². The number of aryl methyl sites for hydroxylation is 1. The summed E-state index contributed by atoms with van der Waals surface area (Å²) in [7, 11) is 0. The molecule has 1 heterocycles. The molecule has 0 saturated heterocycles. The predicted octanol–water partition coefficient (Wildman–Crippen LogP) is 4.88. The number of carbonyl (C=O) groups excluding carboxylic acids is 1. The van der Waals surface area contributed by atoms with Crippen LogP contribution >= 0.6 is 23.4 Å². The van der Waals surface area contributed by atoms with Crippen LogP contribution in [0.2, 0.25) is 5.02 Å². The number of hydrogen-bond donors (Lipinski definition) is 1. The van der Waals surface area contributed by atoms with Gasteiger partial charge in [0.15, 0.2) is 11.8 Å². The molecule has 1 N–H and O–H groups in total. The number of anilines is 1. The van der Waals surface area contributed by atoms with Crippen molar-refractivity contribution in [2.45, 2.75) is 38.2 Å². The number of rotatable bonds is 8. The Morgan fingerprint density at radius 3 is 2.72 bits per heavy atom. The quantitative estimate of drug-likeness (QED) is 0.516. The number of hydrogen-bond acceptors (Lipinski definition) is 5. The van der Waals surface area contributed by atoms with Crippen LogP contribution in [-0.2, 0) is 17.1 Å². The lowest BCUT2D eigenvalue weighted by atomic mass is 10.1. The van der Waals surface area contributed by atoms with Crippen LogP contribution in [0.1, 0.15) is 23.6 Å². The van der Waals surface area contributed by atoms with E-state index in [2.05, 4.69) is 15.5 Å². The van der Waals surface area contributed by atoms with Gasteiger partial charge in [-0.15, -0.1) is 10.2 Å². The van der Waals surface area contributed by atoms with Crippen LogP contribution in [0.5, 0.6) is 5.75 Å². The molecule has 0 saturated carbocycles. The summed E-state index contributed by atoms with van der Waals surface area (Å²) in [6, 6.07) is 13.5. The third kappa shape index (κ3) is 5.31. The first-order chi connectivity index (χ1) is 14.0. The highest BCUT2D eigenvalue weighted by molar-refractivity contribution is 7.98. The second-order valence-electron chi connectivity index (χ2n) is 6.47. The van der Waals surface area contributed by atoms with Gasteiger partial charge >= 0.3 is 0 Å². The van der Waals surface area contributed by atoms with E-state index in [0.717, 1.165) is 26.9 Å². The van der Waals surface area contributed by atoms with E-state index in [1.165, 1.54) is 11.8 Å². The van der Waals surface area contributed by atoms with E-state index in [-0.39, 0.29) is 12.5 Å². The Morgan fingerprint density at radius 2 is 1.97 bits per heavy atom. The van der Waals surface area contributed by atoms with E-state index in [1.807, 2.05) is 67.8 Å². The van der Waals surface area contributed by atoms with Crippen LogP contribution in [0.25, 0.3) is 0 Å². The Hall–Kier alpha value is -2.51. The summed E-state index contributed by atoms with van der Waals surface area (Å²) >= 11 is 7.74. The van der Waals surface area contributed by atoms with Crippen molar-refractivity contribution in [1.82, 2.24) is 14.8 Å². The zero-order valence-corrected chi connectivity index (χ0v) is 18.2. The molecule has 0 radical (unpaired) electrons. The van der Waals surface area contributed by atoms with Gasteiger partial charge in [0, 0.05) is 17.3 Å². The number of nitrogens with zero attached hydrogens (tertiary/aromatic N) is 3. The molecule has 1 aromatic heterocycles. The molecule has 8 heteroatoms. The fourth-order valence-corrected chi connectivity index (χ4v) is 4.00. The van der Waals surface area contributed by atoms with Gasteiger partial charge in [-0.05, 0) is 49.6 Å². The SMILES string of the molecule is CCn1c(NC(=O)COc2cccc(C)c2C)nnc1SCc1ccccc1Cl. The van der Waals surface area contributed by atoms with Crippen molar-refractivity contribution in [1.29, 1.82) is 0 Å². The van der Waals surface area contributed by atoms with Crippen molar-refractivity contribution in [2.24, 2.45) is 0 Å². The average Bonchev–Trinajstić information content (AvgIpc) is 3.09. The third-order valence-corrected chi connectivity index (χ3v) is 5.90. The topological polar surface area (TPSA) is 69.0 Å². The summed E-state index contributed by atoms with van der Waals surface area (Å²) in [5.74, 6) is 1.49. The van der Waals surface area contributed by atoms with E-state index < -0.39 is 0 Å². The van der Waals surface area contributed by atoms with Crippen molar-refractivity contribution < 1.29 is 9.53 Å². The summed E-state index contributed by atoms with van der Waals surface area (Å²) in [6.07, 6.45) is 0. The highest BCUT2D eigenvalue weighted by Crippen LogP contribution is 2.27. The molecule has 0 spiro atoms. The number of nitrogens with one attached hydrogen (secondary N) is 1. The van der Waals surface area contributed by atoms with Crippen LogP contribution in [0, 0.1) is 13.8 Å². The molecule has 0 fully saturated rings. The molecule has 0 aliphatic rings. The van der Waals surface area contributed by atoms with Crippen molar-refractivity contribution in [3.05, 3.63) is 64.2 Å². The maximum atomic E-state index is 12.3. The van der Waals surface area contributed by atoms with Gasteiger partial charge in [0.05, 0.1) is 0 Å². The molecule has 3 rings (SSSR count). The normalized spacial score (nSPS) is 10.8. The molecule has 2 aromatic carbocycles. The summed E-state index contributed by atoms with van der Waals surface area (Å²) in [4.78, 5) is 12.3. The molecule has 29 heavy (non-hydrogen) atoms. The molecular formula is C21H23ClN4O2S. The number of aromatic nitrogens is 3. The van der Waals surface area contributed by atoms with E-state index in [4.69, 9.17) is 16.3 Å². The lowest BCUT2D eigenvalue weighted by Crippen LogP contribution is -2.22. The molecule has 6 nitrogen and oxygen atoms in total. The number of ether oxygens (including phenoxy) is 1. The number of benzene rings is 2. The van der Waals surface area contributed by atoms with Gasteiger partial charge in [-0.25, -0.2) is 0 Å². The van der Waals surface area contributed by atoms with Gasteiger partial charge in [0.25, 0.3) is 5.91 Å². The van der Waals surface area contributed by atoms with E-state index in [1.54, 1.807) is 0 Å². The lowest BCUT2D eigenvalue weighted by molar-refractivity contribution is -0.118. The molecule has 0 bridgehead atoms. The van der Waals surface area contributed by atoms with Gasteiger partial charge < -0.3 is 4.74 Å². The number of halogens is 1. The van der Waals surface area contributed by atoms with Crippen LogP contribution in [0.15, 0.2) is 47.6 Å². The second kappa shape index (κ2) is 9.80. The summed E-state index contributed by atoms with van der Waals surface area (Å²) < 4.78 is 7.52. The van der Waals surface area contributed by atoms with E-state index >= 15 is 0 Å². The maximum Gasteiger partial charge on any atom is 0.264 e. The molecule has 0 aliphatic heterocycles. The predicted molar refractivity (Wildman–Crippen MR) is 117 cm³/mol. The van der Waals surface area contributed by atoms with Crippen molar-refractivity contribution in [3.63, 3.8) is 0 Å². The first-order valence-electron chi connectivity index (χ1n) is 9.27. The lowest BCUT2D eigenvalue weighted by Gasteiger charge is -2.11. The monoisotopic (exact) mass is 430 g/mol. The molecule has 0 aliphatic carbocycles. The summed E-state index contributed by atoms with van der Waals surface area (Å²) in [6.45, 7) is 6.49. The molecule has 3 aromatic rings. The number of amides is 1. The first-order valence-corrected chi connectivity index (χ1v) is 10.6. The number of thioether (sulfide) groups is 1. The highest BCUT2D eigenvalue weighted by atomic mass is 35.5. The third-order valence-electron chi connectivity index (χ3n) is 4.51. The van der Waals surface area contributed by atoms with Gasteiger partial charge in [-0.1, -0.05) is 53.7 Å². The largest absolute Gasteiger partial charge is 0.483 e. The molecule has 1 amide bonds. The minimum Gasteiger partial charge on any atom is -0.483 e. The van der Waals surface area contributed by atoms with Crippen LogP contribution in [0.4, 0.5) is 5.95 Å². The minimum absolute atomic E-state index is 0.0943. The zero-order valence-electron chi connectivity index (χ0n) is 16.6. The molecule has 0 unspecified atom stereocenters. The van der Waals surface area contributed by atoms with Gasteiger partial charge in [0.2, 0.25) is 5.95 Å². The Bertz CT molecular complexity index is 1010. The van der Waals surface area contributed by atoms with Gasteiger partial charge in [-0.3, -0.25) is 14.7 Å². The first kappa shape index (κ1) is 21.2. The Balaban J connectivity index is 1.61. The maximum absolute atomic E-state index is 12.3. The van der Waals surface area contributed by atoms with Crippen LogP contribution < -0.4 is 10.1 Å². The van der Waals surface area contributed by atoms with Crippen molar-refractivity contribution in [3.8, 4) is 5.75 Å². The molecule has 152 valence electrons. The standard InChI is InChI=1S/C21H23ClN4O2S/c1-4-26-20(23-19(27)12-28-18-11-7-8-14(2)15(18)3)24-25-21(26)29-13-16-9-5-6-10-17(16)22/h5-11H,4,12-13H2,1-3H3,(H,23,24,27). The van der Waals surface area contributed by atoms with Gasteiger partial charge in [0.1, 0.15) is 5.75 Å². The van der Waals surface area contributed by atoms with Crippen LogP contribution in [0.3, 0.4) is 0 Å². The van der Waals surface area contributed by atoms with Crippen molar-refractivity contribution >= 4 is 35.2 Å². The summed E-state index contributed by atoms with van der Waals surface area (Å²) in [5, 5.41) is 12.6. The molecule has 0 atom stereocenters. The van der Waals surface area contributed by atoms with Gasteiger partial charge in [-0.2, -0.15) is 0 Å². The minimum atomic E-state index is -0.282. The Morgan fingerprint density at radius 1 is 1.17 bits per heavy atom. The van der Waals surface area contributed by atoms with Crippen molar-refractivity contribution in [2.75, 3.05) is 11.9 Å². The summed E-state index contributed by atoms with van der Waals surface area (Å²) in [5.41, 5.74) is 3.17. The average molecular weight is 431 g/mol. The fraction of sp³-hybridized carbons (Fsp3) is 0.286. The zero-order chi connectivity index (χ0) is 20.8. The second-order valence-corrected chi connectivity index (χ2v) is 7.82.